The molecule has 0 aliphatic carbocycles. The van der Waals surface area contributed by atoms with Gasteiger partial charge in [-0.25, -0.2) is 0 Å². The summed E-state index contributed by atoms with van der Waals surface area (Å²) in [7, 11) is 0. The number of carbonyl (C=O) groups is 2. The quantitative estimate of drug-likeness (QED) is 0.439. The van der Waals surface area contributed by atoms with Crippen LogP contribution in [0.3, 0.4) is 0 Å². The van der Waals surface area contributed by atoms with Crippen molar-refractivity contribution in [1.82, 2.24) is 0 Å². The molecule has 0 saturated carbocycles. The molecule has 0 spiro atoms. The number of phenols is 1. The van der Waals surface area contributed by atoms with Crippen molar-refractivity contribution in [2.75, 3.05) is 0 Å². The summed E-state index contributed by atoms with van der Waals surface area (Å²) in [6.45, 7) is 16.1. The Kier molecular flexibility index (Phi) is 26.0. The van der Waals surface area contributed by atoms with Gasteiger partial charge in [-0.2, -0.15) is 0 Å². The average molecular weight is 425 g/mol. The van der Waals surface area contributed by atoms with Gasteiger partial charge in [0.1, 0.15) is 18.8 Å². The fourth-order valence-corrected chi connectivity index (χ4v) is 1.90. The summed E-state index contributed by atoms with van der Waals surface area (Å²) in [5, 5.41) is 8.76. The van der Waals surface area contributed by atoms with Crippen LogP contribution in [0, 0.1) is 20.8 Å². The van der Waals surface area contributed by atoms with Gasteiger partial charge < -0.3 is 14.7 Å². The Balaban J connectivity index is -0.000000341. The molecule has 0 radical (unpaired) electrons. The lowest BCUT2D eigenvalue weighted by atomic mass is 10.1. The van der Waals surface area contributed by atoms with Crippen molar-refractivity contribution in [3.05, 3.63) is 101 Å². The first-order chi connectivity index (χ1) is 15.0. The van der Waals surface area contributed by atoms with Crippen LogP contribution in [0.4, 0.5) is 0 Å². The molecule has 1 N–H and O–H groups in total. The first-order valence-electron chi connectivity index (χ1n) is 10.6. The zero-order valence-electron chi connectivity index (χ0n) is 20.3. The van der Waals surface area contributed by atoms with Crippen molar-refractivity contribution in [3.8, 4) is 5.75 Å². The maximum Gasteiger partial charge on any atom is 0.124 e. The molecule has 0 amide bonds. The number of aldehydes is 1. The van der Waals surface area contributed by atoms with Gasteiger partial charge in [-0.05, 0) is 38.5 Å². The standard InChI is InChI=1S/C9H10O.C7H8O.C7H8.2C2H6.CH2O/c1-8-2-4-9(5-3-8)6-7-10;1-6-2-4-7(8)5-3-6;1-7-5-3-2-4-6-7;3*1-2/h2-5,7H,6H2,1H3;2-5,8H,1H3;2-6H,1H3;2*1-2H3;1H2. The number of aromatic hydroxyl groups is 1. The van der Waals surface area contributed by atoms with Gasteiger partial charge in [0.2, 0.25) is 0 Å². The van der Waals surface area contributed by atoms with Crippen molar-refractivity contribution < 1.29 is 14.7 Å². The first kappa shape index (κ1) is 32.5. The highest BCUT2D eigenvalue weighted by Crippen LogP contribution is 2.07. The summed E-state index contributed by atoms with van der Waals surface area (Å²) in [4.78, 5) is 18.1. The molecule has 31 heavy (non-hydrogen) atoms. The summed E-state index contributed by atoms with van der Waals surface area (Å²) in [6, 6.07) is 25.3. The second kappa shape index (κ2) is 24.8. The lowest BCUT2D eigenvalue weighted by molar-refractivity contribution is -0.107. The van der Waals surface area contributed by atoms with Gasteiger partial charge in [0.15, 0.2) is 0 Å². The molecule has 0 heterocycles. The molecule has 0 aromatic heterocycles. The smallest absolute Gasteiger partial charge is 0.124 e. The van der Waals surface area contributed by atoms with Crippen molar-refractivity contribution in [3.63, 3.8) is 0 Å². The van der Waals surface area contributed by atoms with E-state index in [1.165, 1.54) is 16.7 Å². The van der Waals surface area contributed by atoms with Crippen LogP contribution in [0.1, 0.15) is 49.9 Å². The number of hydrogen-bond acceptors (Lipinski definition) is 3. The van der Waals surface area contributed by atoms with Gasteiger partial charge in [0.25, 0.3) is 0 Å². The largest absolute Gasteiger partial charge is 0.508 e. The third-order valence-corrected chi connectivity index (χ3v) is 3.41. The maximum atomic E-state index is 10.1. The third-order valence-electron chi connectivity index (χ3n) is 3.41. The average Bonchev–Trinajstić information content (AvgIpc) is 2.83. The molecule has 0 unspecified atom stereocenters. The van der Waals surface area contributed by atoms with Gasteiger partial charge in [0, 0.05) is 6.42 Å². The zero-order chi connectivity index (χ0) is 24.5. The number of carbonyl (C=O) groups excluding carboxylic acids is 2. The van der Waals surface area contributed by atoms with Gasteiger partial charge in [-0.15, -0.1) is 0 Å². The van der Waals surface area contributed by atoms with E-state index in [-0.39, 0.29) is 0 Å². The minimum atomic E-state index is 0.329. The van der Waals surface area contributed by atoms with Gasteiger partial charge >= 0.3 is 0 Å². The number of phenolic OH excluding ortho intramolecular Hbond substituents is 1. The number of hydrogen-bond donors (Lipinski definition) is 1. The number of rotatable bonds is 2. The molecule has 3 rings (SSSR count). The molecule has 0 atom stereocenters. The molecule has 0 aliphatic rings. The van der Waals surface area contributed by atoms with Crippen LogP contribution in [-0.4, -0.2) is 18.2 Å². The molecule has 3 heteroatoms. The summed E-state index contributed by atoms with van der Waals surface area (Å²) in [5.74, 6) is 0.329. The SMILES string of the molecule is C=O.CC.CC.Cc1ccc(CC=O)cc1.Cc1ccc(O)cc1.Cc1ccccc1. The Morgan fingerprint density at radius 2 is 1.00 bits per heavy atom. The second-order valence-corrected chi connectivity index (χ2v) is 5.85. The molecular weight excluding hydrogens is 384 g/mol. The minimum Gasteiger partial charge on any atom is -0.508 e. The van der Waals surface area contributed by atoms with E-state index in [2.05, 4.69) is 19.1 Å². The molecule has 0 saturated heterocycles. The van der Waals surface area contributed by atoms with E-state index >= 15 is 0 Å². The van der Waals surface area contributed by atoms with Crippen LogP contribution in [0.2, 0.25) is 0 Å². The van der Waals surface area contributed by atoms with E-state index in [0.29, 0.717) is 12.2 Å². The van der Waals surface area contributed by atoms with Gasteiger partial charge in [-0.1, -0.05) is 111 Å². The molecule has 0 bridgehead atoms. The third kappa shape index (κ3) is 21.3. The van der Waals surface area contributed by atoms with E-state index < -0.39 is 0 Å². The van der Waals surface area contributed by atoms with E-state index in [9.17, 15) is 4.79 Å². The van der Waals surface area contributed by atoms with Gasteiger partial charge in [0.05, 0.1) is 0 Å². The predicted octanol–water partition coefficient (Wildman–Crippen LogP) is 7.30. The summed E-state index contributed by atoms with van der Waals surface area (Å²) >= 11 is 0. The maximum absolute atomic E-state index is 10.1. The van der Waals surface area contributed by atoms with Crippen LogP contribution in [0.25, 0.3) is 0 Å². The highest BCUT2D eigenvalue weighted by molar-refractivity contribution is 5.54. The highest BCUT2D eigenvalue weighted by atomic mass is 16.3. The Labute approximate surface area is 189 Å². The van der Waals surface area contributed by atoms with Crippen LogP contribution < -0.4 is 0 Å². The van der Waals surface area contributed by atoms with Crippen molar-refractivity contribution >= 4 is 13.1 Å². The molecule has 3 aromatic rings. The Morgan fingerprint density at radius 3 is 1.29 bits per heavy atom. The molecule has 0 aliphatic heterocycles. The first-order valence-corrected chi connectivity index (χ1v) is 10.6. The summed E-state index contributed by atoms with van der Waals surface area (Å²) in [5.41, 5.74) is 4.81. The van der Waals surface area contributed by atoms with Crippen LogP contribution in [-0.2, 0) is 16.0 Å². The lowest BCUT2D eigenvalue weighted by Crippen LogP contribution is -1.84. The predicted molar refractivity (Wildman–Crippen MR) is 135 cm³/mol. The highest BCUT2D eigenvalue weighted by Gasteiger charge is 1.88. The fourth-order valence-electron chi connectivity index (χ4n) is 1.90. The van der Waals surface area contributed by atoms with Crippen molar-refractivity contribution in [1.29, 1.82) is 0 Å². The Hall–Kier alpha value is -3.20. The second-order valence-electron chi connectivity index (χ2n) is 5.85. The Morgan fingerprint density at radius 1 is 0.645 bits per heavy atom. The molecule has 0 fully saturated rings. The van der Waals surface area contributed by atoms with Crippen molar-refractivity contribution in [2.45, 2.75) is 54.9 Å². The van der Waals surface area contributed by atoms with Gasteiger partial charge in [-0.3, -0.25) is 0 Å². The van der Waals surface area contributed by atoms with Crippen molar-refractivity contribution in [2.24, 2.45) is 0 Å². The molecule has 3 aromatic carbocycles. The van der Waals surface area contributed by atoms with E-state index in [1.54, 1.807) is 12.1 Å². The normalized spacial score (nSPS) is 7.84. The van der Waals surface area contributed by atoms with E-state index in [1.807, 2.05) is 103 Å². The molecule has 3 nitrogen and oxygen atoms in total. The number of aryl methyl sites for hydroxylation is 3. The van der Waals surface area contributed by atoms with Crippen LogP contribution >= 0.6 is 0 Å². The molecular formula is C28H40O3. The van der Waals surface area contributed by atoms with E-state index in [4.69, 9.17) is 9.90 Å². The lowest BCUT2D eigenvalue weighted by Gasteiger charge is -1.93. The van der Waals surface area contributed by atoms with Crippen LogP contribution in [0.15, 0.2) is 78.9 Å². The fraction of sp³-hybridized carbons (Fsp3) is 0.286. The minimum absolute atomic E-state index is 0.329. The zero-order valence-corrected chi connectivity index (χ0v) is 20.3. The monoisotopic (exact) mass is 424 g/mol. The molecule has 170 valence electrons. The Bertz CT molecular complexity index is 712. The topological polar surface area (TPSA) is 54.4 Å². The summed E-state index contributed by atoms with van der Waals surface area (Å²) < 4.78 is 0. The number of benzene rings is 3. The van der Waals surface area contributed by atoms with E-state index in [0.717, 1.165) is 11.8 Å². The van der Waals surface area contributed by atoms with Crippen LogP contribution in [0.5, 0.6) is 5.75 Å². The summed E-state index contributed by atoms with van der Waals surface area (Å²) in [6.07, 6.45) is 1.45.